The van der Waals surface area contributed by atoms with Gasteiger partial charge in [0, 0.05) is 38.1 Å². The fourth-order valence-corrected chi connectivity index (χ4v) is 6.37. The maximum absolute atomic E-state index is 15.0. The quantitative estimate of drug-likeness (QED) is 0.557. The first-order valence-corrected chi connectivity index (χ1v) is 13.0. The van der Waals surface area contributed by atoms with Crippen molar-refractivity contribution in [3.8, 4) is 5.75 Å². The zero-order valence-electron chi connectivity index (χ0n) is 19.6. The fourth-order valence-electron chi connectivity index (χ4n) is 5.52. The summed E-state index contributed by atoms with van der Waals surface area (Å²) in [7, 11) is 1.60. The molecule has 3 aromatic heterocycles. The van der Waals surface area contributed by atoms with Gasteiger partial charge in [0.1, 0.15) is 11.4 Å². The van der Waals surface area contributed by atoms with Crippen LogP contribution in [0.1, 0.15) is 24.1 Å². The molecule has 8 nitrogen and oxygen atoms in total. The molecule has 1 atom stereocenters. The molecule has 3 aliphatic heterocycles. The summed E-state index contributed by atoms with van der Waals surface area (Å²) in [6.45, 7) is 4.01. The van der Waals surface area contributed by atoms with Gasteiger partial charge in [0.2, 0.25) is 0 Å². The van der Waals surface area contributed by atoms with Crippen LogP contribution in [0.4, 0.5) is 4.39 Å². The minimum atomic E-state index is -0.911. The number of piperidine rings is 1. The highest BCUT2D eigenvalue weighted by Gasteiger charge is 2.45. The Kier molecular flexibility index (Phi) is 6.00. The number of ether oxygens (including phenoxy) is 2. The maximum Gasteiger partial charge on any atom is 0.251 e. The minimum absolute atomic E-state index is 0.159. The number of nitrogens with zero attached hydrogens (tertiary/aromatic N) is 4. The lowest BCUT2D eigenvalue weighted by Gasteiger charge is -2.38. The van der Waals surface area contributed by atoms with E-state index in [0.717, 1.165) is 61.2 Å². The van der Waals surface area contributed by atoms with Gasteiger partial charge in [0.25, 0.3) is 5.56 Å². The first-order valence-electron chi connectivity index (χ1n) is 12.0. The Morgan fingerprint density at radius 2 is 2.14 bits per heavy atom. The number of likely N-dealkylation sites (tertiary alicyclic amines) is 1. The monoisotopic (exact) mass is 497 g/mol. The Hall–Kier alpha value is -2.53. The van der Waals surface area contributed by atoms with Crippen LogP contribution in [0.3, 0.4) is 0 Å². The molecule has 6 rings (SSSR count). The molecular weight excluding hydrogens is 469 g/mol. The second-order valence-corrected chi connectivity index (χ2v) is 10.6. The van der Waals surface area contributed by atoms with Gasteiger partial charge < -0.3 is 19.4 Å². The van der Waals surface area contributed by atoms with Crippen molar-refractivity contribution in [2.75, 3.05) is 39.1 Å². The van der Waals surface area contributed by atoms with Gasteiger partial charge in [-0.2, -0.15) is 0 Å². The summed E-state index contributed by atoms with van der Waals surface area (Å²) in [6.07, 6.45) is 5.01. The van der Waals surface area contributed by atoms with Crippen LogP contribution in [0.5, 0.6) is 5.75 Å². The van der Waals surface area contributed by atoms with Gasteiger partial charge in [0.05, 0.1) is 52.7 Å². The Balaban J connectivity index is 1.11. The molecule has 10 heteroatoms. The van der Waals surface area contributed by atoms with E-state index in [1.807, 2.05) is 18.0 Å². The number of fused-ring (bicyclic) bond motifs is 1. The second kappa shape index (κ2) is 9.16. The molecule has 6 heterocycles. The Labute approximate surface area is 206 Å². The normalized spacial score (nSPS) is 22.3. The lowest BCUT2D eigenvalue weighted by Crippen LogP contribution is -2.49. The van der Waals surface area contributed by atoms with Crippen LogP contribution in [0.15, 0.2) is 40.3 Å². The lowest BCUT2D eigenvalue weighted by atomic mass is 9.93. The highest BCUT2D eigenvalue weighted by Crippen LogP contribution is 2.40. The smallest absolute Gasteiger partial charge is 0.251 e. The summed E-state index contributed by atoms with van der Waals surface area (Å²) < 4.78 is 28.3. The topological polar surface area (TPSA) is 81.5 Å². The van der Waals surface area contributed by atoms with Crippen molar-refractivity contribution < 1.29 is 13.9 Å². The lowest BCUT2D eigenvalue weighted by molar-refractivity contribution is -0.0532. The van der Waals surface area contributed by atoms with E-state index in [2.05, 4.69) is 26.3 Å². The van der Waals surface area contributed by atoms with Gasteiger partial charge in [-0.3, -0.25) is 19.7 Å². The van der Waals surface area contributed by atoms with Gasteiger partial charge in [-0.15, -0.1) is 11.8 Å². The molecule has 1 N–H and O–H groups in total. The van der Waals surface area contributed by atoms with Gasteiger partial charge in [-0.25, -0.2) is 4.39 Å². The summed E-state index contributed by atoms with van der Waals surface area (Å²) in [5.41, 5.74) is 1.57. The van der Waals surface area contributed by atoms with Crippen molar-refractivity contribution >= 4 is 22.8 Å². The van der Waals surface area contributed by atoms with Crippen LogP contribution in [-0.2, 0) is 23.4 Å². The number of aromatic nitrogens is 3. The van der Waals surface area contributed by atoms with Gasteiger partial charge >= 0.3 is 0 Å². The van der Waals surface area contributed by atoms with Crippen molar-refractivity contribution in [2.45, 2.75) is 42.5 Å². The molecule has 0 amide bonds. The molecule has 3 aromatic rings. The standard InChI is InChI=1S/C25H28FN5O3S/c1-33-25(15-31-22(32)3-2-19-24(31)23(25)18(26)12-29-19)14-30-6-4-16(5-7-30)27-11-17-10-21-20(13-28-17)34-8-9-35-21/h2-3,10,12-13,16,27H,4-9,11,14-15H2,1H3/t25-/m1/s1. The highest BCUT2D eigenvalue weighted by atomic mass is 32.2. The van der Waals surface area contributed by atoms with Crippen LogP contribution < -0.4 is 15.6 Å². The first-order chi connectivity index (χ1) is 17.1. The Morgan fingerprint density at radius 1 is 1.29 bits per heavy atom. The van der Waals surface area contributed by atoms with Crippen LogP contribution in [0.25, 0.3) is 11.0 Å². The van der Waals surface area contributed by atoms with Crippen LogP contribution in [-0.4, -0.2) is 64.6 Å². The van der Waals surface area contributed by atoms with Crippen LogP contribution in [0, 0.1) is 5.82 Å². The summed E-state index contributed by atoms with van der Waals surface area (Å²) in [5.74, 6) is 1.43. The van der Waals surface area contributed by atoms with Crippen molar-refractivity contribution in [1.82, 2.24) is 24.8 Å². The van der Waals surface area contributed by atoms with E-state index in [4.69, 9.17) is 9.47 Å². The number of hydrogen-bond donors (Lipinski definition) is 1. The molecule has 35 heavy (non-hydrogen) atoms. The summed E-state index contributed by atoms with van der Waals surface area (Å²) in [6, 6.07) is 5.65. The number of thioether (sulfide) groups is 1. The van der Waals surface area contributed by atoms with Crippen molar-refractivity contribution in [3.05, 3.63) is 58.0 Å². The average molecular weight is 498 g/mol. The number of halogens is 1. The van der Waals surface area contributed by atoms with Crippen molar-refractivity contribution in [3.63, 3.8) is 0 Å². The highest BCUT2D eigenvalue weighted by molar-refractivity contribution is 7.99. The number of pyridine rings is 3. The van der Waals surface area contributed by atoms with E-state index in [9.17, 15) is 4.79 Å². The van der Waals surface area contributed by atoms with Crippen molar-refractivity contribution in [2.24, 2.45) is 0 Å². The average Bonchev–Trinajstić information content (AvgIpc) is 3.24. The fraction of sp³-hybridized carbons (Fsp3) is 0.480. The second-order valence-electron chi connectivity index (χ2n) is 9.42. The molecule has 184 valence electrons. The minimum Gasteiger partial charge on any atom is -0.490 e. The number of methoxy groups -OCH3 is 1. The first kappa shape index (κ1) is 22.9. The molecule has 0 spiro atoms. The van der Waals surface area contributed by atoms with Crippen LogP contribution in [0.2, 0.25) is 0 Å². The SMILES string of the molecule is CO[C@]1(CN2CCC(NCc3cc4c(cn3)OCCS4)CC2)Cn2c(=O)ccc3ncc(F)c1c32. The molecule has 0 radical (unpaired) electrons. The predicted molar refractivity (Wildman–Crippen MR) is 131 cm³/mol. The maximum atomic E-state index is 15.0. The van der Waals surface area contributed by atoms with E-state index in [1.54, 1.807) is 17.7 Å². The van der Waals surface area contributed by atoms with E-state index in [-0.39, 0.29) is 5.56 Å². The number of rotatable bonds is 6. The molecule has 0 aromatic carbocycles. The molecule has 0 saturated carbocycles. The molecule has 0 aliphatic carbocycles. The third-order valence-corrected chi connectivity index (χ3v) is 8.34. The van der Waals surface area contributed by atoms with Crippen LogP contribution >= 0.6 is 11.8 Å². The zero-order valence-corrected chi connectivity index (χ0v) is 20.4. The summed E-state index contributed by atoms with van der Waals surface area (Å²) >= 11 is 1.81. The van der Waals surface area contributed by atoms with Crippen molar-refractivity contribution in [1.29, 1.82) is 0 Å². The number of hydrogen-bond acceptors (Lipinski definition) is 8. The summed E-state index contributed by atoms with van der Waals surface area (Å²) in [4.78, 5) is 24.7. The predicted octanol–water partition coefficient (Wildman–Crippen LogP) is 2.52. The molecule has 3 aliphatic rings. The Morgan fingerprint density at radius 3 is 2.97 bits per heavy atom. The molecular formula is C25H28FN5O3S. The molecule has 0 unspecified atom stereocenters. The summed E-state index contributed by atoms with van der Waals surface area (Å²) in [5, 5.41) is 3.64. The molecule has 0 bridgehead atoms. The molecule has 1 saturated heterocycles. The van der Waals surface area contributed by atoms with E-state index in [0.29, 0.717) is 35.7 Å². The van der Waals surface area contributed by atoms with Gasteiger partial charge in [0.15, 0.2) is 5.75 Å². The molecule has 1 fully saturated rings. The largest absolute Gasteiger partial charge is 0.490 e. The zero-order chi connectivity index (χ0) is 24.0. The third kappa shape index (κ3) is 4.12. The van der Waals surface area contributed by atoms with E-state index in [1.165, 1.54) is 12.3 Å². The van der Waals surface area contributed by atoms with E-state index < -0.39 is 11.4 Å². The number of nitrogens with one attached hydrogen (secondary N) is 1. The van der Waals surface area contributed by atoms with E-state index >= 15 is 4.39 Å². The third-order valence-electron chi connectivity index (χ3n) is 7.34. The Bertz CT molecular complexity index is 1330. The van der Waals surface area contributed by atoms with Gasteiger partial charge in [-0.1, -0.05) is 0 Å². The van der Waals surface area contributed by atoms with Gasteiger partial charge in [-0.05, 0) is 38.1 Å².